The number of ether oxygens (including phenoxy) is 14. The first-order valence-electron chi connectivity index (χ1n) is 41.1. The zero-order chi connectivity index (χ0) is 84.4. The average Bonchev–Trinajstić information content (AvgIpc) is 0.779. The summed E-state index contributed by atoms with van der Waals surface area (Å²) < 4.78 is 81.8. The minimum absolute atomic E-state index is 0.268. The highest BCUT2D eigenvalue weighted by molar-refractivity contribution is 5.92. The quantitative estimate of drug-likeness (QED) is 0.0257. The van der Waals surface area contributed by atoms with Crippen molar-refractivity contribution in [1.82, 2.24) is 21.3 Å². The monoisotopic (exact) mass is 1680 g/mol. The van der Waals surface area contributed by atoms with Gasteiger partial charge in [0.2, 0.25) is 23.6 Å². The molecule has 674 valence electrons. The van der Waals surface area contributed by atoms with Crippen LogP contribution >= 0.6 is 0 Å². The van der Waals surface area contributed by atoms with E-state index >= 15 is 0 Å². The summed E-state index contributed by atoms with van der Waals surface area (Å²) in [4.78, 5) is 54.8. The summed E-state index contributed by atoms with van der Waals surface area (Å²) in [6.45, 7) is -2.46. The molecule has 0 saturated carbocycles. The van der Waals surface area contributed by atoms with Crippen molar-refractivity contribution in [2.75, 3.05) is 59.3 Å². The van der Waals surface area contributed by atoms with Crippen molar-refractivity contribution in [2.24, 2.45) is 0 Å². The highest BCUT2D eigenvalue weighted by Crippen LogP contribution is 2.39. The number of rotatable bonds is 37. The molecule has 21 aliphatic heterocycles. The van der Waals surface area contributed by atoms with E-state index in [9.17, 15) is 121 Å². The molecule has 0 aromatic carbocycles. The Bertz CT molecular complexity index is 2830. The molecular formula is C74H130N4O38. The highest BCUT2D eigenvalue weighted by atomic mass is 16.8. The van der Waals surface area contributed by atoms with Gasteiger partial charge in [-0.3, -0.25) is 19.2 Å². The smallest absolute Gasteiger partial charge is 0.243 e. The zero-order valence-corrected chi connectivity index (χ0v) is 65.7. The van der Waals surface area contributed by atoms with Gasteiger partial charge in [0.1, 0.15) is 177 Å². The number of aliphatic hydroxyl groups is 20. The van der Waals surface area contributed by atoms with Crippen LogP contribution in [0.15, 0.2) is 0 Å². The van der Waals surface area contributed by atoms with Gasteiger partial charge in [-0.15, -0.1) is 0 Å². The molecule has 0 spiro atoms. The van der Waals surface area contributed by atoms with E-state index in [-0.39, 0.29) is 6.54 Å². The zero-order valence-electron chi connectivity index (χ0n) is 65.7. The summed E-state index contributed by atoms with van der Waals surface area (Å²) in [5.74, 6) is -2.86. The Balaban J connectivity index is 1.00. The largest absolute Gasteiger partial charge is 0.394 e. The lowest BCUT2D eigenvalue weighted by Crippen LogP contribution is -2.68. The number of hydrogen-bond acceptors (Lipinski definition) is 38. The van der Waals surface area contributed by atoms with Crippen LogP contribution in [0, 0.1) is 0 Å². The van der Waals surface area contributed by atoms with Crippen LogP contribution in [0.3, 0.4) is 0 Å². The molecule has 21 aliphatic rings. The Labute approximate surface area is 672 Å². The van der Waals surface area contributed by atoms with Crippen LogP contribution in [-0.4, -0.2) is 406 Å². The fourth-order valence-electron chi connectivity index (χ4n) is 15.5. The predicted octanol–water partition coefficient (Wildman–Crippen LogP) is -8.38. The third kappa shape index (κ3) is 26.3. The van der Waals surface area contributed by atoms with E-state index in [1.54, 1.807) is 0 Å². The van der Waals surface area contributed by atoms with Crippen LogP contribution in [-0.2, 0) is 85.5 Å². The molecule has 24 N–H and O–H groups in total. The molecule has 21 rings (SSSR count). The van der Waals surface area contributed by atoms with Crippen molar-refractivity contribution in [3.05, 3.63) is 0 Å². The molecule has 21 fully saturated rings. The first-order chi connectivity index (χ1) is 55.7. The number of aliphatic hydroxyl groups excluding tert-OH is 20. The number of carbonyl (C=O) groups excluding carboxylic acids is 4. The van der Waals surface area contributed by atoms with Crippen LogP contribution in [0.2, 0.25) is 0 Å². The highest BCUT2D eigenvalue weighted by Gasteiger charge is 2.60. The molecule has 21 saturated heterocycles. The van der Waals surface area contributed by atoms with Crippen molar-refractivity contribution in [3.63, 3.8) is 0 Å². The van der Waals surface area contributed by atoms with Crippen molar-refractivity contribution in [1.29, 1.82) is 0 Å². The fourth-order valence-corrected chi connectivity index (χ4v) is 15.5. The maximum atomic E-state index is 13.9. The molecule has 21 heterocycles. The molecule has 42 nitrogen and oxygen atoms in total. The van der Waals surface area contributed by atoms with E-state index in [4.69, 9.17) is 66.3 Å². The summed E-state index contributed by atoms with van der Waals surface area (Å²) in [7, 11) is 0. The third-order valence-corrected chi connectivity index (χ3v) is 22.4. The Hall–Kier alpha value is -3.48. The van der Waals surface area contributed by atoms with Gasteiger partial charge in [-0.1, -0.05) is 129 Å². The van der Waals surface area contributed by atoms with Gasteiger partial charge in [0.15, 0.2) is 44.0 Å². The van der Waals surface area contributed by atoms with Crippen molar-refractivity contribution in [2.45, 2.75) is 383 Å². The topological polar surface area (TPSA) is 650 Å². The van der Waals surface area contributed by atoms with Gasteiger partial charge in [0, 0.05) is 32.5 Å². The number of amides is 4. The second kappa shape index (κ2) is 49.1. The normalized spacial score (nSPS) is 40.8. The summed E-state index contributed by atoms with van der Waals surface area (Å²) in [5, 5.41) is 237. The van der Waals surface area contributed by atoms with Gasteiger partial charge < -0.3 is 190 Å². The molecule has 0 unspecified atom stereocenters. The van der Waals surface area contributed by atoms with E-state index in [1.165, 1.54) is 51.4 Å². The molecule has 42 heteroatoms. The second-order valence-electron chi connectivity index (χ2n) is 31.1. The summed E-state index contributed by atoms with van der Waals surface area (Å²) in [5.41, 5.74) is 0. The molecule has 0 radical (unpaired) electrons. The predicted molar refractivity (Wildman–Crippen MR) is 390 cm³/mol. The lowest BCUT2D eigenvalue weighted by Gasteiger charge is -2.50. The van der Waals surface area contributed by atoms with Gasteiger partial charge in [-0.2, -0.15) is 0 Å². The lowest BCUT2D eigenvalue weighted by atomic mass is 9.95. The van der Waals surface area contributed by atoms with Gasteiger partial charge >= 0.3 is 0 Å². The molecule has 14 bridgehead atoms. The molecule has 0 aromatic rings. The van der Waals surface area contributed by atoms with Crippen molar-refractivity contribution < 1.29 is 188 Å². The van der Waals surface area contributed by atoms with Gasteiger partial charge in [0.05, 0.1) is 46.1 Å². The number of hydrogen-bond donors (Lipinski definition) is 24. The maximum absolute atomic E-state index is 13.9. The van der Waals surface area contributed by atoms with Gasteiger partial charge in [-0.05, 0) is 12.8 Å². The van der Waals surface area contributed by atoms with E-state index < -0.39 is 310 Å². The van der Waals surface area contributed by atoms with E-state index in [0.29, 0.717) is 19.4 Å². The second-order valence-corrected chi connectivity index (χ2v) is 31.1. The minimum atomic E-state index is -2.35. The molecule has 0 aromatic heterocycles. The van der Waals surface area contributed by atoms with Gasteiger partial charge in [-0.25, -0.2) is 0 Å². The third-order valence-electron chi connectivity index (χ3n) is 22.4. The average molecular weight is 1680 g/mol. The molecule has 4 amide bonds. The standard InChI is InChI=1S/C74H130N4O38/c1-3-5-7-9-11-13-15-17-19-21-25-75-45(87)27-35(67(102)76-26-22-20-18-16-14-12-10-8-6-4-2)78-44(86)24-23-43(85)77-28-36-60-46(88)53(95)68(103-36)111-61-37(29-79)105-70(55(97)48(61)90)113-63-39(31-81)107-72(57(99)50(63)92)115-65-41(33-83)109-74(59(101)52(65)94)116-66-42(34-84)108-73(58(100)51(66)93)114-64-40(32-82)106-71(56(98)49(64)91)112-62-38(30-80)104-69(110-60)54(96)47(62)89/h35-42,46-66,68-74,79-84,88-101H,3-34H2,1-2H3,(H,75,87)(H,76,102)(H,77,85)(H,78,86)/t35-,36+,37+,38+,39+,40+,41+,42+,46+,47+,48+,49+,50+,51+,52+,53+,54+,55+,56+,57+,58+,59+,60+,61+,62+,63+,64+,65+,66+,68+,69+,70+,71+,72+,73+,74+/m0/s1. The molecule has 0 aliphatic carbocycles. The Morgan fingerprint density at radius 1 is 0.259 bits per heavy atom. The van der Waals surface area contributed by atoms with Gasteiger partial charge in [0.25, 0.3) is 0 Å². The van der Waals surface area contributed by atoms with Crippen LogP contribution in [0.4, 0.5) is 0 Å². The number of carbonyl (C=O) groups is 4. The van der Waals surface area contributed by atoms with E-state index in [1.807, 2.05) is 0 Å². The van der Waals surface area contributed by atoms with E-state index in [2.05, 4.69) is 35.1 Å². The minimum Gasteiger partial charge on any atom is -0.394 e. The molecule has 36 atom stereocenters. The summed E-state index contributed by atoms with van der Waals surface area (Å²) in [6.07, 6.45) is -53.6. The van der Waals surface area contributed by atoms with Crippen LogP contribution in [0.25, 0.3) is 0 Å². The first kappa shape index (κ1) is 98.0. The fraction of sp³-hybridized carbons (Fsp3) is 0.946. The maximum Gasteiger partial charge on any atom is 0.243 e. The summed E-state index contributed by atoms with van der Waals surface area (Å²) in [6, 6.07) is -1.35. The number of unbranched alkanes of at least 4 members (excludes halogenated alkanes) is 18. The van der Waals surface area contributed by atoms with Crippen molar-refractivity contribution in [3.8, 4) is 0 Å². The Morgan fingerprint density at radius 3 is 0.741 bits per heavy atom. The van der Waals surface area contributed by atoms with Crippen molar-refractivity contribution >= 4 is 23.6 Å². The molecule has 116 heavy (non-hydrogen) atoms. The number of nitrogens with one attached hydrogen (secondary N) is 4. The first-order valence-corrected chi connectivity index (χ1v) is 41.1. The lowest BCUT2D eigenvalue weighted by molar-refractivity contribution is -0.396. The van der Waals surface area contributed by atoms with Crippen LogP contribution < -0.4 is 21.3 Å². The SMILES string of the molecule is CCCCCCCCCCCCNC(=O)C[C@H](NC(=O)CCC(=O)NC[C@H]1O[C@@H]2O[C@H]3[C@H](O)[C@@H](O)[C@@H](O[C@H]4[C@H](O)[C@@H](O)[C@@H](O[C@H]5[C@H](O)[C@@H](O)[C@@H](O[C@H]6[C@H](O)[C@@H](O)[C@@H](O[C@H]7[C@H](O)[C@@H](O)[C@@H](O[C@H]8[C@H](O)[C@@H](O)[C@@H](O[C@H]1[C@H](O)[C@H]2O)O[C@@H]8CO)O[C@@H]7CO)O[C@@H]6CO)O[C@@H]5CO)O[C@@H]4CO)O[C@@H]3CO)C(=O)NCCCCCCCCCCCC. The van der Waals surface area contributed by atoms with Crippen LogP contribution in [0.1, 0.15) is 162 Å². The Morgan fingerprint density at radius 2 is 0.483 bits per heavy atom. The van der Waals surface area contributed by atoms with Crippen LogP contribution in [0.5, 0.6) is 0 Å². The van der Waals surface area contributed by atoms with E-state index in [0.717, 1.165) is 64.2 Å². The Kier molecular flexibility index (Phi) is 41.5. The molecular weight excluding hydrogens is 1550 g/mol. The summed E-state index contributed by atoms with van der Waals surface area (Å²) >= 11 is 0.